The van der Waals surface area contributed by atoms with Gasteiger partial charge in [0, 0.05) is 42.7 Å². The zero-order valence-electron chi connectivity index (χ0n) is 33.1. The summed E-state index contributed by atoms with van der Waals surface area (Å²) in [6, 6.07) is 30.5. The maximum atomic E-state index is 13.6. The maximum Gasteiger partial charge on any atom is 0.408 e. The molecule has 5 N–H and O–H groups in total. The van der Waals surface area contributed by atoms with Gasteiger partial charge < -0.3 is 40.2 Å². The second-order valence-electron chi connectivity index (χ2n) is 15.7. The van der Waals surface area contributed by atoms with E-state index in [2.05, 4.69) is 15.2 Å². The summed E-state index contributed by atoms with van der Waals surface area (Å²) >= 11 is 0. The molecule has 4 heterocycles. The number of hydrogen-bond donors (Lipinski definition) is 5. The number of aliphatic hydroxyl groups is 1. The first-order valence-corrected chi connectivity index (χ1v) is 20.2. The van der Waals surface area contributed by atoms with Crippen LogP contribution in [0.2, 0.25) is 0 Å². The lowest BCUT2D eigenvalue weighted by atomic mass is 9.81. The molecule has 8 rings (SSSR count). The first-order chi connectivity index (χ1) is 28.1. The molecule has 3 atom stereocenters. The Bertz CT molecular complexity index is 2240. The number of piperidine rings is 3. The number of rotatable bonds is 16. The van der Waals surface area contributed by atoms with Crippen LogP contribution in [-0.4, -0.2) is 98.4 Å². The Hall–Kier alpha value is -5.69. The van der Waals surface area contributed by atoms with E-state index in [1.165, 1.54) is 12.1 Å². The van der Waals surface area contributed by atoms with E-state index in [9.17, 15) is 29.7 Å². The average molecular weight is 788 g/mol. The normalized spacial score (nSPS) is 18.5. The predicted molar refractivity (Wildman–Crippen MR) is 223 cm³/mol. The van der Waals surface area contributed by atoms with Gasteiger partial charge in [-0.1, -0.05) is 60.7 Å². The van der Waals surface area contributed by atoms with E-state index < -0.39 is 18.2 Å². The van der Waals surface area contributed by atoms with Gasteiger partial charge in [-0.2, -0.15) is 0 Å². The van der Waals surface area contributed by atoms with Gasteiger partial charge in [0.05, 0.1) is 23.7 Å². The second kappa shape index (κ2) is 18.3. The van der Waals surface area contributed by atoms with Crippen molar-refractivity contribution < 1.29 is 29.6 Å². The first-order valence-electron chi connectivity index (χ1n) is 20.2. The van der Waals surface area contributed by atoms with Crippen molar-refractivity contribution in [1.82, 2.24) is 25.0 Å². The number of amides is 2. The molecule has 3 unspecified atom stereocenters. The van der Waals surface area contributed by atoms with Crippen LogP contribution < -0.4 is 15.6 Å². The van der Waals surface area contributed by atoms with Crippen LogP contribution in [0.5, 0.6) is 11.5 Å². The lowest BCUT2D eigenvalue weighted by Crippen LogP contribution is -2.59. The molecule has 0 aliphatic carbocycles. The Morgan fingerprint density at radius 2 is 1.67 bits per heavy atom. The van der Waals surface area contributed by atoms with Gasteiger partial charge in [-0.3, -0.25) is 14.5 Å². The Labute approximate surface area is 338 Å². The van der Waals surface area contributed by atoms with E-state index in [1.54, 1.807) is 17.0 Å². The summed E-state index contributed by atoms with van der Waals surface area (Å²) in [6.45, 7) is 8.40. The van der Waals surface area contributed by atoms with Crippen LogP contribution in [0.25, 0.3) is 10.9 Å². The number of carbonyl (C=O) groups is 2. The highest BCUT2D eigenvalue weighted by Crippen LogP contribution is 2.39. The summed E-state index contributed by atoms with van der Waals surface area (Å²) in [5.41, 5.74) is 3.80. The highest BCUT2D eigenvalue weighted by atomic mass is 16.5. The Morgan fingerprint density at radius 1 is 0.931 bits per heavy atom. The number of phenolic OH excluding ortho intramolecular Hbond substituents is 1. The Kier molecular flexibility index (Phi) is 12.8. The van der Waals surface area contributed by atoms with Crippen molar-refractivity contribution in [2.45, 2.75) is 63.9 Å². The average Bonchev–Trinajstić information content (AvgIpc) is 3.24. The van der Waals surface area contributed by atoms with Crippen LogP contribution in [-0.2, 0) is 6.61 Å². The summed E-state index contributed by atoms with van der Waals surface area (Å²) in [6.07, 6.45) is 0.906. The standard InChI is InChI=1S/C46H53N5O7/c1-30(2)50(23-7-22-47-27-41(53)37-16-18-40(52)43-38(37)17-19-42(54)48-43)45(55)34-14-12-31(13-15-34)29-58-36-11-6-10-35(26-36)44(33-8-4-3-5-9-33)51(46(56)57)39-28-49-24-20-32(39)21-25-49/h3-6,8-19,26,30,32,39,41,44,47,52-53H,7,20-25,27-29H2,1-2H3,(H,48,54)(H,56,57). The molecule has 58 heavy (non-hydrogen) atoms. The topological polar surface area (TPSA) is 159 Å². The molecule has 12 nitrogen and oxygen atoms in total. The van der Waals surface area contributed by atoms with Crippen LogP contribution in [0.3, 0.4) is 0 Å². The van der Waals surface area contributed by atoms with E-state index in [0.717, 1.165) is 49.2 Å². The summed E-state index contributed by atoms with van der Waals surface area (Å²) in [7, 11) is 0. The third kappa shape index (κ3) is 9.20. The number of phenols is 1. The van der Waals surface area contributed by atoms with Gasteiger partial charge in [0.15, 0.2) is 0 Å². The molecule has 0 saturated carbocycles. The minimum absolute atomic E-state index is 0.0265. The van der Waals surface area contributed by atoms with E-state index in [-0.39, 0.29) is 42.5 Å². The molecule has 12 heteroatoms. The minimum atomic E-state index is -0.918. The smallest absolute Gasteiger partial charge is 0.408 e. The number of carboxylic acid groups (broad SMARTS) is 1. The molecule has 1 aromatic heterocycles. The maximum absolute atomic E-state index is 13.6. The van der Waals surface area contributed by atoms with Gasteiger partial charge in [-0.05, 0) is 117 Å². The van der Waals surface area contributed by atoms with Gasteiger partial charge in [0.25, 0.3) is 5.91 Å². The number of ether oxygens (including phenoxy) is 1. The number of aromatic amines is 1. The molecule has 0 spiro atoms. The van der Waals surface area contributed by atoms with Gasteiger partial charge in [0.1, 0.15) is 18.1 Å². The van der Waals surface area contributed by atoms with Crippen molar-refractivity contribution in [3.63, 3.8) is 0 Å². The predicted octanol–water partition coefficient (Wildman–Crippen LogP) is 6.54. The molecule has 3 aliphatic rings. The first kappa shape index (κ1) is 40.5. The molecule has 3 saturated heterocycles. The van der Waals surface area contributed by atoms with Gasteiger partial charge in [-0.25, -0.2) is 4.79 Å². The van der Waals surface area contributed by atoms with Crippen LogP contribution >= 0.6 is 0 Å². The van der Waals surface area contributed by atoms with Crippen molar-refractivity contribution in [2.24, 2.45) is 5.92 Å². The molecule has 2 amide bonds. The molecular formula is C46H53N5O7. The number of fused-ring (bicyclic) bond motifs is 4. The number of H-pyrrole nitrogens is 1. The fourth-order valence-corrected chi connectivity index (χ4v) is 8.56. The highest BCUT2D eigenvalue weighted by molar-refractivity contribution is 5.94. The number of carbonyl (C=O) groups excluding carboxylic acids is 1. The Balaban J connectivity index is 0.948. The van der Waals surface area contributed by atoms with Crippen LogP contribution in [0.15, 0.2) is 108 Å². The number of pyridine rings is 1. The quantitative estimate of drug-likeness (QED) is 0.0701. The molecule has 2 bridgehead atoms. The highest BCUT2D eigenvalue weighted by Gasteiger charge is 2.43. The zero-order chi connectivity index (χ0) is 40.8. The summed E-state index contributed by atoms with van der Waals surface area (Å²) in [5.74, 6) is 0.848. The van der Waals surface area contributed by atoms with Gasteiger partial charge in [-0.15, -0.1) is 0 Å². The molecule has 5 aromatic rings. The van der Waals surface area contributed by atoms with Gasteiger partial charge in [0.2, 0.25) is 5.56 Å². The molecular weight excluding hydrogens is 735 g/mol. The summed E-state index contributed by atoms with van der Waals surface area (Å²) < 4.78 is 6.27. The Morgan fingerprint density at radius 3 is 2.36 bits per heavy atom. The zero-order valence-corrected chi connectivity index (χ0v) is 33.1. The van der Waals surface area contributed by atoms with E-state index in [0.29, 0.717) is 53.2 Å². The monoisotopic (exact) mass is 787 g/mol. The minimum Gasteiger partial charge on any atom is -0.506 e. The van der Waals surface area contributed by atoms with E-state index in [1.807, 2.05) is 97.6 Å². The third-order valence-corrected chi connectivity index (χ3v) is 11.6. The third-order valence-electron chi connectivity index (χ3n) is 11.6. The van der Waals surface area contributed by atoms with Gasteiger partial charge >= 0.3 is 6.09 Å². The van der Waals surface area contributed by atoms with Crippen molar-refractivity contribution in [1.29, 1.82) is 0 Å². The number of aromatic hydroxyl groups is 1. The van der Waals surface area contributed by atoms with Crippen molar-refractivity contribution in [3.8, 4) is 11.5 Å². The summed E-state index contributed by atoms with van der Waals surface area (Å²) in [4.78, 5) is 46.9. The molecule has 0 radical (unpaired) electrons. The number of nitrogens with zero attached hydrogens (tertiary/aromatic N) is 3. The number of aromatic nitrogens is 1. The SMILES string of the molecule is CC(C)N(CCCNCC(O)c1ccc(O)c2[nH]c(=O)ccc12)C(=O)c1ccc(COc2cccc(C(c3ccccc3)N(C(=O)O)C3CN4CCC3CC4)c2)cc1. The van der Waals surface area contributed by atoms with E-state index in [4.69, 9.17) is 4.74 Å². The molecule has 3 fully saturated rings. The fraction of sp³-hybridized carbons (Fsp3) is 0.370. The van der Waals surface area contributed by atoms with Crippen LogP contribution in [0.1, 0.15) is 77.9 Å². The largest absolute Gasteiger partial charge is 0.506 e. The number of hydrogen-bond acceptors (Lipinski definition) is 8. The van der Waals surface area contributed by atoms with Crippen LogP contribution in [0.4, 0.5) is 4.79 Å². The van der Waals surface area contributed by atoms with Crippen molar-refractivity contribution in [3.05, 3.63) is 141 Å². The van der Waals surface area contributed by atoms with Crippen molar-refractivity contribution in [2.75, 3.05) is 39.3 Å². The summed E-state index contributed by atoms with van der Waals surface area (Å²) in [5, 5.41) is 35.6. The fourth-order valence-electron chi connectivity index (χ4n) is 8.56. The second-order valence-corrected chi connectivity index (χ2v) is 15.7. The number of nitrogens with one attached hydrogen (secondary N) is 2. The van der Waals surface area contributed by atoms with Crippen molar-refractivity contribution >= 4 is 22.9 Å². The molecule has 4 aromatic carbocycles. The number of aliphatic hydroxyl groups excluding tert-OH is 1. The molecule has 3 aliphatic heterocycles. The van der Waals surface area contributed by atoms with Crippen LogP contribution in [0, 0.1) is 5.92 Å². The lowest BCUT2D eigenvalue weighted by molar-refractivity contribution is -0.000814. The lowest BCUT2D eigenvalue weighted by Gasteiger charge is -2.50. The van der Waals surface area contributed by atoms with E-state index >= 15 is 0 Å². The number of benzene rings is 4. The molecule has 304 valence electrons.